The number of carboxylic acid groups (broad SMARTS) is 1. The molecule has 2 rings (SSSR count). The van der Waals surface area contributed by atoms with Gasteiger partial charge >= 0.3 is 5.97 Å². The van der Waals surface area contributed by atoms with Crippen molar-refractivity contribution in [3.05, 3.63) is 40.3 Å². The molecule has 20 heavy (non-hydrogen) atoms. The molecule has 0 spiro atoms. The van der Waals surface area contributed by atoms with Gasteiger partial charge in [-0.1, -0.05) is 17.7 Å². The fraction of sp³-hybridized carbons (Fsp3) is 0. The summed E-state index contributed by atoms with van der Waals surface area (Å²) in [6, 6.07) is 3.59. The van der Waals surface area contributed by atoms with Crippen LogP contribution in [-0.4, -0.2) is 27.3 Å². The van der Waals surface area contributed by atoms with Crippen LogP contribution in [-0.2, 0) is 0 Å². The predicted molar refractivity (Wildman–Crippen MR) is 69.2 cm³/mol. The van der Waals surface area contributed by atoms with Gasteiger partial charge in [0.05, 0.1) is 5.56 Å². The van der Waals surface area contributed by atoms with Crippen LogP contribution < -0.4 is 5.73 Å². The molecule has 0 bridgehead atoms. The molecule has 0 unspecified atom stereocenters. The van der Waals surface area contributed by atoms with E-state index in [0.29, 0.717) is 6.29 Å². The Morgan fingerprint density at radius 3 is 2.65 bits per heavy atom. The van der Waals surface area contributed by atoms with Crippen LogP contribution >= 0.6 is 11.6 Å². The zero-order valence-corrected chi connectivity index (χ0v) is 10.6. The van der Waals surface area contributed by atoms with Crippen molar-refractivity contribution >= 4 is 29.7 Å². The van der Waals surface area contributed by atoms with E-state index in [1.54, 1.807) is 0 Å². The maximum absolute atomic E-state index is 13.8. The molecule has 6 nitrogen and oxygen atoms in total. The summed E-state index contributed by atoms with van der Waals surface area (Å²) in [5.41, 5.74) is 5.01. The minimum Gasteiger partial charge on any atom is -0.476 e. The Bertz CT molecular complexity index is 721. The van der Waals surface area contributed by atoms with E-state index < -0.39 is 17.5 Å². The molecule has 102 valence electrons. The second-order valence-corrected chi connectivity index (χ2v) is 4.14. The number of aromatic carboxylic acids is 1. The van der Waals surface area contributed by atoms with E-state index in [9.17, 15) is 14.0 Å². The van der Waals surface area contributed by atoms with Crippen LogP contribution in [0.4, 0.5) is 10.2 Å². The number of carbonyl (C=O) groups excluding carboxylic acids is 1. The average molecular weight is 296 g/mol. The van der Waals surface area contributed by atoms with Crippen molar-refractivity contribution in [3.63, 3.8) is 0 Å². The molecule has 0 saturated heterocycles. The highest BCUT2D eigenvalue weighted by Gasteiger charge is 2.19. The number of nitrogens with zero attached hydrogens (tertiary/aromatic N) is 2. The van der Waals surface area contributed by atoms with E-state index in [1.165, 1.54) is 12.1 Å². The third-order valence-electron chi connectivity index (χ3n) is 2.45. The number of nitrogen functional groups attached to an aromatic ring is 1. The summed E-state index contributed by atoms with van der Waals surface area (Å²) >= 11 is 5.66. The Morgan fingerprint density at radius 1 is 1.40 bits per heavy atom. The van der Waals surface area contributed by atoms with Gasteiger partial charge in [0.2, 0.25) is 0 Å². The molecule has 1 aromatic carbocycles. The van der Waals surface area contributed by atoms with Crippen molar-refractivity contribution in [2.24, 2.45) is 0 Å². The quantitative estimate of drug-likeness (QED) is 0.839. The van der Waals surface area contributed by atoms with Crippen LogP contribution in [0, 0.1) is 5.82 Å². The van der Waals surface area contributed by atoms with Gasteiger partial charge in [-0.3, -0.25) is 4.79 Å². The van der Waals surface area contributed by atoms with E-state index >= 15 is 0 Å². The third kappa shape index (κ3) is 2.43. The van der Waals surface area contributed by atoms with E-state index in [0.717, 1.165) is 6.07 Å². The van der Waals surface area contributed by atoms with Crippen LogP contribution in [0.2, 0.25) is 5.02 Å². The van der Waals surface area contributed by atoms with Gasteiger partial charge in [0.15, 0.2) is 11.5 Å². The lowest BCUT2D eigenvalue weighted by molar-refractivity contribution is 0.0690. The Balaban J connectivity index is 2.64. The molecule has 0 amide bonds. The Morgan fingerprint density at radius 2 is 2.10 bits per heavy atom. The molecule has 0 aliphatic rings. The normalized spacial score (nSPS) is 10.3. The maximum Gasteiger partial charge on any atom is 0.356 e. The molecule has 0 aliphatic carbocycles. The summed E-state index contributed by atoms with van der Waals surface area (Å²) in [6.45, 7) is 0. The summed E-state index contributed by atoms with van der Waals surface area (Å²) in [6.07, 6.45) is 0.479. The predicted octanol–water partition coefficient (Wildman–Crippen LogP) is 2.03. The van der Waals surface area contributed by atoms with Gasteiger partial charge in [-0.15, -0.1) is 0 Å². The van der Waals surface area contributed by atoms with Crippen molar-refractivity contribution in [1.82, 2.24) is 9.97 Å². The van der Waals surface area contributed by atoms with Crippen molar-refractivity contribution < 1.29 is 19.1 Å². The van der Waals surface area contributed by atoms with E-state index in [2.05, 4.69) is 9.97 Å². The fourth-order valence-corrected chi connectivity index (χ4v) is 1.68. The highest BCUT2D eigenvalue weighted by atomic mass is 35.5. The number of carboxylic acids is 1. The standard InChI is InChI=1S/C12H7ClFN3O3/c13-8-9(12(19)20)16-11(17-10(8)15)6-2-1-5(4-18)3-7(6)14/h1-4H,(H,19,20)(H2,15,16,17). The summed E-state index contributed by atoms with van der Waals surface area (Å²) in [7, 11) is 0. The summed E-state index contributed by atoms with van der Waals surface area (Å²) in [5.74, 6) is -2.67. The largest absolute Gasteiger partial charge is 0.476 e. The lowest BCUT2D eigenvalue weighted by atomic mass is 10.1. The molecule has 1 aromatic heterocycles. The second kappa shape index (κ2) is 5.22. The molecule has 0 saturated carbocycles. The van der Waals surface area contributed by atoms with Crippen LogP contribution in [0.15, 0.2) is 18.2 Å². The number of aromatic nitrogens is 2. The molecule has 1 heterocycles. The number of hydrogen-bond donors (Lipinski definition) is 2. The molecule has 0 atom stereocenters. The first-order chi connectivity index (χ1) is 9.43. The number of benzene rings is 1. The topological polar surface area (TPSA) is 106 Å². The number of anilines is 1. The Hall–Kier alpha value is -2.54. The highest BCUT2D eigenvalue weighted by Crippen LogP contribution is 2.26. The molecular weight excluding hydrogens is 289 g/mol. The van der Waals surface area contributed by atoms with Gasteiger partial charge in [0.25, 0.3) is 0 Å². The first kappa shape index (κ1) is 13.9. The molecule has 3 N–H and O–H groups in total. The van der Waals surface area contributed by atoms with Crippen LogP contribution in [0.5, 0.6) is 0 Å². The number of aldehydes is 1. The lowest BCUT2D eigenvalue weighted by Gasteiger charge is -2.07. The molecular formula is C12H7ClFN3O3. The Kier molecular flexibility index (Phi) is 3.62. The summed E-state index contributed by atoms with van der Waals surface area (Å²) in [4.78, 5) is 28.9. The monoisotopic (exact) mass is 295 g/mol. The first-order valence-electron chi connectivity index (χ1n) is 5.25. The van der Waals surface area contributed by atoms with Gasteiger partial charge in [-0.05, 0) is 12.1 Å². The zero-order chi connectivity index (χ0) is 14.9. The van der Waals surface area contributed by atoms with Crippen LogP contribution in [0.3, 0.4) is 0 Å². The van der Waals surface area contributed by atoms with Gasteiger partial charge in [0.1, 0.15) is 22.9 Å². The number of rotatable bonds is 3. The highest BCUT2D eigenvalue weighted by molar-refractivity contribution is 6.35. The average Bonchev–Trinajstić information content (AvgIpc) is 2.41. The second-order valence-electron chi connectivity index (χ2n) is 3.76. The van der Waals surface area contributed by atoms with E-state index in [1.807, 2.05) is 0 Å². The van der Waals surface area contributed by atoms with Gasteiger partial charge < -0.3 is 10.8 Å². The molecule has 0 radical (unpaired) electrons. The SMILES string of the molecule is Nc1nc(-c2ccc(C=O)cc2F)nc(C(=O)O)c1Cl. The van der Waals surface area contributed by atoms with E-state index in [4.69, 9.17) is 22.4 Å². The summed E-state index contributed by atoms with van der Waals surface area (Å²) < 4.78 is 13.8. The zero-order valence-electron chi connectivity index (χ0n) is 9.80. The fourth-order valence-electron chi connectivity index (χ4n) is 1.51. The van der Waals surface area contributed by atoms with Gasteiger partial charge in [-0.2, -0.15) is 0 Å². The van der Waals surface area contributed by atoms with Crippen molar-refractivity contribution in [2.75, 3.05) is 5.73 Å². The molecule has 0 fully saturated rings. The van der Waals surface area contributed by atoms with Gasteiger partial charge in [0, 0.05) is 5.56 Å². The number of nitrogens with two attached hydrogens (primary N) is 1. The van der Waals surface area contributed by atoms with Crippen molar-refractivity contribution in [1.29, 1.82) is 0 Å². The lowest BCUT2D eigenvalue weighted by Crippen LogP contribution is -2.08. The molecule has 0 aliphatic heterocycles. The Labute approximate surface area is 117 Å². The number of carbonyl (C=O) groups is 2. The molecule has 2 aromatic rings. The van der Waals surface area contributed by atoms with Crippen molar-refractivity contribution in [3.8, 4) is 11.4 Å². The summed E-state index contributed by atoms with van der Waals surface area (Å²) in [5, 5.41) is 8.63. The van der Waals surface area contributed by atoms with Crippen LogP contribution in [0.25, 0.3) is 11.4 Å². The maximum atomic E-state index is 13.8. The minimum absolute atomic E-state index is 0.0820. The number of halogens is 2. The molecule has 8 heteroatoms. The minimum atomic E-state index is -1.41. The van der Waals surface area contributed by atoms with E-state index in [-0.39, 0.29) is 27.8 Å². The third-order valence-corrected chi connectivity index (χ3v) is 2.82. The first-order valence-corrected chi connectivity index (χ1v) is 5.63. The smallest absolute Gasteiger partial charge is 0.356 e. The van der Waals surface area contributed by atoms with Crippen molar-refractivity contribution in [2.45, 2.75) is 0 Å². The van der Waals surface area contributed by atoms with Crippen LogP contribution in [0.1, 0.15) is 20.8 Å². The van der Waals surface area contributed by atoms with Gasteiger partial charge in [-0.25, -0.2) is 19.2 Å². The number of hydrogen-bond acceptors (Lipinski definition) is 5.